The Hall–Kier alpha value is -0.770. The first-order valence-corrected chi connectivity index (χ1v) is 7.63. The second-order valence-electron chi connectivity index (χ2n) is 5.34. The highest BCUT2D eigenvalue weighted by molar-refractivity contribution is 6.42. The number of carboxylic acids is 1. The van der Waals surface area contributed by atoms with Crippen molar-refractivity contribution < 1.29 is 9.90 Å². The standard InChI is InChI=1S/C15H19Cl2NO2/c1-3-15(14(19)20)7-4-8-18(15)10(2)11-5-6-12(16)13(17)9-11/h5-6,9-10H,3-4,7-8H2,1-2H3,(H,19,20). The average molecular weight is 316 g/mol. The molecule has 110 valence electrons. The van der Waals surface area contributed by atoms with E-state index < -0.39 is 11.5 Å². The molecule has 2 atom stereocenters. The van der Waals surface area contributed by atoms with Gasteiger partial charge in [-0.1, -0.05) is 36.2 Å². The van der Waals surface area contributed by atoms with Crippen LogP contribution in [-0.2, 0) is 4.79 Å². The van der Waals surface area contributed by atoms with E-state index in [9.17, 15) is 9.90 Å². The van der Waals surface area contributed by atoms with Crippen LogP contribution in [0.15, 0.2) is 18.2 Å². The monoisotopic (exact) mass is 315 g/mol. The molecule has 20 heavy (non-hydrogen) atoms. The Morgan fingerprint density at radius 1 is 1.45 bits per heavy atom. The van der Waals surface area contributed by atoms with Gasteiger partial charge in [0.2, 0.25) is 0 Å². The molecule has 1 aromatic rings. The zero-order valence-corrected chi connectivity index (χ0v) is 13.2. The van der Waals surface area contributed by atoms with Crippen LogP contribution in [0.4, 0.5) is 0 Å². The highest BCUT2D eigenvalue weighted by atomic mass is 35.5. The Labute approximate surface area is 129 Å². The highest BCUT2D eigenvalue weighted by Crippen LogP contribution is 2.40. The molecule has 0 spiro atoms. The number of rotatable bonds is 4. The van der Waals surface area contributed by atoms with Crippen molar-refractivity contribution in [1.82, 2.24) is 4.90 Å². The summed E-state index contributed by atoms with van der Waals surface area (Å²) in [7, 11) is 0. The number of aliphatic carboxylic acids is 1. The number of hydrogen-bond acceptors (Lipinski definition) is 2. The van der Waals surface area contributed by atoms with Crippen LogP contribution >= 0.6 is 23.2 Å². The molecule has 3 nitrogen and oxygen atoms in total. The fourth-order valence-electron chi connectivity index (χ4n) is 3.18. The summed E-state index contributed by atoms with van der Waals surface area (Å²) in [4.78, 5) is 13.8. The molecule has 1 aliphatic rings. The summed E-state index contributed by atoms with van der Waals surface area (Å²) in [5.74, 6) is -0.732. The van der Waals surface area contributed by atoms with Crippen LogP contribution in [0.3, 0.4) is 0 Å². The predicted octanol–water partition coefficient (Wildman–Crippen LogP) is 4.38. The largest absolute Gasteiger partial charge is 0.480 e. The lowest BCUT2D eigenvalue weighted by Gasteiger charge is -2.38. The summed E-state index contributed by atoms with van der Waals surface area (Å²) in [6.07, 6.45) is 2.21. The molecule has 1 aromatic carbocycles. The molecule has 0 aliphatic carbocycles. The topological polar surface area (TPSA) is 40.5 Å². The third-order valence-corrected chi connectivity index (χ3v) is 5.15. The maximum Gasteiger partial charge on any atom is 0.324 e. The van der Waals surface area contributed by atoms with Crippen LogP contribution in [0, 0.1) is 0 Å². The molecule has 0 saturated carbocycles. The lowest BCUT2D eigenvalue weighted by molar-refractivity contribution is -0.151. The van der Waals surface area contributed by atoms with Crippen molar-refractivity contribution in [3.8, 4) is 0 Å². The molecule has 0 aromatic heterocycles. The second-order valence-corrected chi connectivity index (χ2v) is 6.15. The van der Waals surface area contributed by atoms with Crippen LogP contribution in [0.5, 0.6) is 0 Å². The van der Waals surface area contributed by atoms with Crippen molar-refractivity contribution in [2.24, 2.45) is 0 Å². The molecule has 1 saturated heterocycles. The molecule has 0 bridgehead atoms. The van der Waals surface area contributed by atoms with E-state index in [-0.39, 0.29) is 6.04 Å². The van der Waals surface area contributed by atoms with Gasteiger partial charge in [-0.25, -0.2) is 0 Å². The third-order valence-electron chi connectivity index (χ3n) is 4.42. The molecule has 1 N–H and O–H groups in total. The minimum absolute atomic E-state index is 0.00307. The normalized spacial score (nSPS) is 24.8. The number of carbonyl (C=O) groups is 1. The van der Waals surface area contributed by atoms with Gasteiger partial charge in [0.05, 0.1) is 10.0 Å². The lowest BCUT2D eigenvalue weighted by atomic mass is 9.91. The Morgan fingerprint density at radius 3 is 2.70 bits per heavy atom. The van der Waals surface area contributed by atoms with Crippen LogP contribution < -0.4 is 0 Å². The highest BCUT2D eigenvalue weighted by Gasteiger charge is 2.48. The molecule has 0 amide bonds. The predicted molar refractivity (Wildman–Crippen MR) is 81.5 cm³/mol. The number of halogens is 2. The Morgan fingerprint density at radius 2 is 2.15 bits per heavy atom. The van der Waals surface area contributed by atoms with Gasteiger partial charge < -0.3 is 5.11 Å². The number of hydrogen-bond donors (Lipinski definition) is 1. The van der Waals surface area contributed by atoms with Crippen LogP contribution in [0.1, 0.15) is 44.7 Å². The van der Waals surface area contributed by atoms with Gasteiger partial charge in [-0.15, -0.1) is 0 Å². The van der Waals surface area contributed by atoms with Crippen molar-refractivity contribution in [1.29, 1.82) is 0 Å². The number of likely N-dealkylation sites (tertiary alicyclic amines) is 1. The quantitative estimate of drug-likeness (QED) is 0.896. The van der Waals surface area contributed by atoms with E-state index in [2.05, 4.69) is 4.90 Å². The van der Waals surface area contributed by atoms with Crippen molar-refractivity contribution in [2.75, 3.05) is 6.54 Å². The molecule has 0 radical (unpaired) electrons. The van der Waals surface area contributed by atoms with Gasteiger partial charge in [-0.05, 0) is 50.4 Å². The van der Waals surface area contributed by atoms with Gasteiger partial charge >= 0.3 is 5.97 Å². The SMILES string of the molecule is CCC1(C(=O)O)CCCN1C(C)c1ccc(Cl)c(Cl)c1. The van der Waals surface area contributed by atoms with E-state index in [1.165, 1.54) is 0 Å². The molecule has 1 heterocycles. The first kappa shape index (κ1) is 15.6. The summed E-state index contributed by atoms with van der Waals surface area (Å²) in [5, 5.41) is 10.7. The van der Waals surface area contributed by atoms with Gasteiger partial charge in [0, 0.05) is 6.04 Å². The summed E-state index contributed by atoms with van der Waals surface area (Å²) in [6.45, 7) is 4.76. The molecular formula is C15H19Cl2NO2. The van der Waals surface area contributed by atoms with Crippen LogP contribution in [-0.4, -0.2) is 28.1 Å². The molecular weight excluding hydrogens is 297 g/mol. The molecule has 5 heteroatoms. The average Bonchev–Trinajstić information content (AvgIpc) is 2.86. The minimum atomic E-state index is -0.758. The Kier molecular flexibility index (Phi) is 4.62. The van der Waals surface area contributed by atoms with Gasteiger partial charge in [0.1, 0.15) is 5.54 Å². The zero-order chi connectivity index (χ0) is 14.9. The van der Waals surface area contributed by atoms with E-state index in [4.69, 9.17) is 23.2 Å². The molecule has 1 fully saturated rings. The van der Waals surface area contributed by atoms with E-state index in [1.54, 1.807) is 6.07 Å². The number of benzene rings is 1. The van der Waals surface area contributed by atoms with Crippen molar-refractivity contribution >= 4 is 29.2 Å². The zero-order valence-electron chi connectivity index (χ0n) is 11.7. The lowest BCUT2D eigenvalue weighted by Crippen LogP contribution is -2.50. The summed E-state index contributed by atoms with van der Waals surface area (Å²) >= 11 is 12.0. The number of nitrogens with zero attached hydrogens (tertiary/aromatic N) is 1. The van der Waals surface area contributed by atoms with Gasteiger partial charge in [0.15, 0.2) is 0 Å². The first-order valence-electron chi connectivity index (χ1n) is 6.87. The minimum Gasteiger partial charge on any atom is -0.480 e. The molecule has 2 rings (SSSR count). The molecule has 1 aliphatic heterocycles. The summed E-state index contributed by atoms with van der Waals surface area (Å²) in [5.41, 5.74) is 0.242. The fourth-order valence-corrected chi connectivity index (χ4v) is 3.48. The van der Waals surface area contributed by atoms with Crippen molar-refractivity contribution in [2.45, 2.75) is 44.7 Å². The Bertz CT molecular complexity index is 521. The maximum atomic E-state index is 11.7. The van der Waals surface area contributed by atoms with Gasteiger partial charge in [0.25, 0.3) is 0 Å². The smallest absolute Gasteiger partial charge is 0.324 e. The van der Waals surface area contributed by atoms with Gasteiger partial charge in [-0.2, -0.15) is 0 Å². The number of carboxylic acid groups (broad SMARTS) is 1. The second kappa shape index (κ2) is 5.92. The van der Waals surface area contributed by atoms with Gasteiger partial charge in [-0.3, -0.25) is 9.69 Å². The van der Waals surface area contributed by atoms with Crippen molar-refractivity contribution in [3.63, 3.8) is 0 Å². The van der Waals surface area contributed by atoms with Crippen LogP contribution in [0.2, 0.25) is 10.0 Å². The van der Waals surface area contributed by atoms with Crippen molar-refractivity contribution in [3.05, 3.63) is 33.8 Å². The summed E-state index contributed by atoms with van der Waals surface area (Å²) < 4.78 is 0. The summed E-state index contributed by atoms with van der Waals surface area (Å²) in [6, 6.07) is 5.51. The van der Waals surface area contributed by atoms with E-state index in [0.717, 1.165) is 18.5 Å². The van der Waals surface area contributed by atoms with E-state index in [0.29, 0.717) is 22.9 Å². The maximum absolute atomic E-state index is 11.7. The van der Waals surface area contributed by atoms with E-state index in [1.807, 2.05) is 26.0 Å². The molecule has 2 unspecified atom stereocenters. The van der Waals surface area contributed by atoms with E-state index >= 15 is 0 Å². The first-order chi connectivity index (χ1) is 9.42. The third kappa shape index (κ3) is 2.54. The fraction of sp³-hybridized carbons (Fsp3) is 0.533. The Balaban J connectivity index is 2.34. The van der Waals surface area contributed by atoms with Crippen LogP contribution in [0.25, 0.3) is 0 Å².